The highest BCUT2D eigenvalue weighted by Gasteiger charge is 2.47. The number of rotatable bonds is 4. The number of nitrogens with two attached hydrogens (primary N) is 1. The molecule has 1 aromatic rings. The first-order valence-corrected chi connectivity index (χ1v) is 7.65. The summed E-state index contributed by atoms with van der Waals surface area (Å²) in [7, 11) is -2.98. The van der Waals surface area contributed by atoms with Gasteiger partial charge in [0.25, 0.3) is 0 Å². The smallest absolute Gasteiger partial charge is 0.153 e. The average Bonchev–Trinajstić information content (AvgIpc) is 2.98. The van der Waals surface area contributed by atoms with Crippen LogP contribution in [0.5, 0.6) is 0 Å². The second-order valence-electron chi connectivity index (χ2n) is 5.26. The molecule has 0 aliphatic heterocycles. The first-order chi connectivity index (χ1) is 7.86. The molecule has 0 unspecified atom stereocenters. The van der Waals surface area contributed by atoms with E-state index in [1.807, 2.05) is 24.3 Å². The van der Waals surface area contributed by atoms with Crippen molar-refractivity contribution in [3.8, 4) is 0 Å². The Hall–Kier alpha value is -1.03. The minimum atomic E-state index is -2.98. The number of hydrogen-bond donors (Lipinski definition) is 1. The van der Waals surface area contributed by atoms with Crippen LogP contribution >= 0.6 is 0 Å². The molecule has 1 saturated carbocycles. The minimum Gasteiger partial charge on any atom is -0.399 e. The van der Waals surface area contributed by atoms with E-state index in [9.17, 15) is 8.42 Å². The highest BCUT2D eigenvalue weighted by Crippen LogP contribution is 2.49. The number of benzene rings is 1. The highest BCUT2D eigenvalue weighted by molar-refractivity contribution is 7.92. The fourth-order valence-corrected chi connectivity index (χ4v) is 3.61. The maximum absolute atomic E-state index is 12.0. The van der Waals surface area contributed by atoms with Crippen LogP contribution < -0.4 is 5.73 Å². The summed E-state index contributed by atoms with van der Waals surface area (Å²) in [6.45, 7) is 3.49. The quantitative estimate of drug-likeness (QED) is 0.836. The van der Waals surface area contributed by atoms with E-state index in [1.54, 1.807) is 13.8 Å². The fraction of sp³-hybridized carbons (Fsp3) is 0.538. The van der Waals surface area contributed by atoms with E-state index in [2.05, 4.69) is 0 Å². The lowest BCUT2D eigenvalue weighted by Gasteiger charge is -2.17. The molecule has 1 fully saturated rings. The van der Waals surface area contributed by atoms with Gasteiger partial charge in [-0.25, -0.2) is 8.42 Å². The summed E-state index contributed by atoms with van der Waals surface area (Å²) in [6.07, 6.45) is 1.92. The molecule has 0 amide bonds. The predicted molar refractivity (Wildman–Crippen MR) is 70.7 cm³/mol. The second kappa shape index (κ2) is 4.02. The molecule has 4 heteroatoms. The van der Waals surface area contributed by atoms with Gasteiger partial charge in [0, 0.05) is 11.1 Å². The van der Waals surface area contributed by atoms with Gasteiger partial charge in [-0.3, -0.25) is 0 Å². The van der Waals surface area contributed by atoms with Gasteiger partial charge >= 0.3 is 0 Å². The van der Waals surface area contributed by atoms with Crippen molar-refractivity contribution in [2.45, 2.75) is 37.4 Å². The van der Waals surface area contributed by atoms with Gasteiger partial charge in [0.05, 0.1) is 11.0 Å². The van der Waals surface area contributed by atoms with Gasteiger partial charge < -0.3 is 5.73 Å². The molecule has 0 bridgehead atoms. The zero-order chi connectivity index (χ0) is 12.7. The molecule has 0 aromatic heterocycles. The highest BCUT2D eigenvalue weighted by atomic mass is 32.2. The van der Waals surface area contributed by atoms with Crippen molar-refractivity contribution in [3.63, 3.8) is 0 Å². The maximum atomic E-state index is 12.0. The molecule has 2 N–H and O–H groups in total. The molecule has 1 aliphatic carbocycles. The van der Waals surface area contributed by atoms with Crippen LogP contribution in [-0.2, 0) is 15.3 Å². The van der Waals surface area contributed by atoms with E-state index in [0.717, 1.165) is 24.1 Å². The summed E-state index contributed by atoms with van der Waals surface area (Å²) in [5.41, 5.74) is 7.33. The third-order valence-corrected chi connectivity index (χ3v) is 5.96. The summed E-state index contributed by atoms with van der Waals surface area (Å²) in [5, 5.41) is -0.297. The van der Waals surface area contributed by atoms with Gasteiger partial charge in [-0.15, -0.1) is 0 Å². The van der Waals surface area contributed by atoms with E-state index in [4.69, 9.17) is 5.73 Å². The topological polar surface area (TPSA) is 60.2 Å². The number of nitrogen functional groups attached to an aromatic ring is 1. The van der Waals surface area contributed by atoms with Crippen LogP contribution in [0.3, 0.4) is 0 Å². The van der Waals surface area contributed by atoms with Gasteiger partial charge in [-0.1, -0.05) is 12.1 Å². The van der Waals surface area contributed by atoms with Crippen LogP contribution in [0.2, 0.25) is 0 Å². The summed E-state index contributed by atoms with van der Waals surface area (Å²) >= 11 is 0. The third kappa shape index (κ3) is 2.46. The molecule has 0 heterocycles. The van der Waals surface area contributed by atoms with Crippen LogP contribution in [0.25, 0.3) is 0 Å². The zero-order valence-electron chi connectivity index (χ0n) is 10.3. The van der Waals surface area contributed by atoms with Crippen LogP contribution in [0.4, 0.5) is 5.69 Å². The van der Waals surface area contributed by atoms with E-state index < -0.39 is 9.84 Å². The summed E-state index contributed by atoms with van der Waals surface area (Å²) in [5.74, 6) is 0.265. The largest absolute Gasteiger partial charge is 0.399 e. The van der Waals surface area contributed by atoms with Crippen molar-refractivity contribution in [1.29, 1.82) is 0 Å². The van der Waals surface area contributed by atoms with Gasteiger partial charge in [-0.2, -0.15) is 0 Å². The van der Waals surface area contributed by atoms with Crippen LogP contribution in [0.1, 0.15) is 32.3 Å². The Morgan fingerprint density at radius 3 is 2.18 bits per heavy atom. The van der Waals surface area contributed by atoms with Crippen molar-refractivity contribution in [1.82, 2.24) is 0 Å². The molecule has 0 radical (unpaired) electrons. The predicted octanol–water partition coefficient (Wildman–Crippen LogP) is 2.12. The SMILES string of the molecule is CC(C)S(=O)(=O)CC1(c2ccc(N)cc2)CC1. The van der Waals surface area contributed by atoms with Crippen molar-refractivity contribution < 1.29 is 8.42 Å². The van der Waals surface area contributed by atoms with Crippen molar-refractivity contribution in [2.75, 3.05) is 11.5 Å². The first kappa shape index (κ1) is 12.4. The van der Waals surface area contributed by atoms with Gasteiger partial charge in [0.1, 0.15) is 0 Å². The van der Waals surface area contributed by atoms with Crippen LogP contribution in [0, 0.1) is 0 Å². The lowest BCUT2D eigenvalue weighted by molar-refractivity contribution is 0.577. The van der Waals surface area contributed by atoms with E-state index in [0.29, 0.717) is 0 Å². The van der Waals surface area contributed by atoms with E-state index in [-0.39, 0.29) is 16.4 Å². The monoisotopic (exact) mass is 253 g/mol. The molecule has 0 spiro atoms. The van der Waals surface area contributed by atoms with E-state index >= 15 is 0 Å². The normalized spacial score (nSPS) is 18.3. The molecule has 2 rings (SSSR count). The molecule has 3 nitrogen and oxygen atoms in total. The van der Waals surface area contributed by atoms with Crippen molar-refractivity contribution in [3.05, 3.63) is 29.8 Å². The van der Waals surface area contributed by atoms with Crippen LogP contribution in [-0.4, -0.2) is 19.4 Å². The Morgan fingerprint density at radius 2 is 1.76 bits per heavy atom. The molecule has 94 valence electrons. The standard InChI is InChI=1S/C13H19NO2S/c1-10(2)17(15,16)9-13(7-8-13)11-3-5-12(14)6-4-11/h3-6,10H,7-9,14H2,1-2H3. The van der Waals surface area contributed by atoms with E-state index in [1.165, 1.54) is 0 Å². The van der Waals surface area contributed by atoms with Crippen molar-refractivity contribution >= 4 is 15.5 Å². The number of sulfone groups is 1. The summed E-state index contributed by atoms with van der Waals surface area (Å²) in [4.78, 5) is 0. The Labute approximate surface area is 103 Å². The Bertz CT molecular complexity index is 499. The average molecular weight is 253 g/mol. The summed E-state index contributed by atoms with van der Waals surface area (Å²) < 4.78 is 24.0. The summed E-state index contributed by atoms with van der Waals surface area (Å²) in [6, 6.07) is 7.60. The third-order valence-electron chi connectivity index (χ3n) is 3.57. The van der Waals surface area contributed by atoms with Crippen LogP contribution in [0.15, 0.2) is 24.3 Å². The van der Waals surface area contributed by atoms with Gasteiger partial charge in [0.15, 0.2) is 9.84 Å². The molecule has 0 atom stereocenters. The lowest BCUT2D eigenvalue weighted by Crippen LogP contribution is -2.26. The van der Waals surface area contributed by atoms with Crippen molar-refractivity contribution in [2.24, 2.45) is 0 Å². The van der Waals surface area contributed by atoms with Gasteiger partial charge in [0.2, 0.25) is 0 Å². The lowest BCUT2D eigenvalue weighted by atomic mass is 9.98. The maximum Gasteiger partial charge on any atom is 0.153 e. The fourth-order valence-electron chi connectivity index (χ4n) is 2.06. The Morgan fingerprint density at radius 1 is 1.24 bits per heavy atom. The minimum absolute atomic E-state index is 0.142. The second-order valence-corrected chi connectivity index (χ2v) is 7.82. The van der Waals surface area contributed by atoms with Gasteiger partial charge in [-0.05, 0) is 44.4 Å². The Kier molecular flexibility index (Phi) is 2.94. The first-order valence-electron chi connectivity index (χ1n) is 5.93. The number of anilines is 1. The molecule has 1 aliphatic rings. The molecular weight excluding hydrogens is 234 g/mol. The number of hydrogen-bond acceptors (Lipinski definition) is 3. The zero-order valence-corrected chi connectivity index (χ0v) is 11.1. The molecule has 0 saturated heterocycles. The molecule has 1 aromatic carbocycles. The molecule has 17 heavy (non-hydrogen) atoms. The Balaban J connectivity index is 2.24. The molecular formula is C13H19NO2S.